The SMILES string of the molecule is Oc1ccc(C=CC23CC4CC(CC(C4)C2)C3)cc1. The van der Waals surface area contributed by atoms with E-state index in [0.29, 0.717) is 11.2 Å². The van der Waals surface area contributed by atoms with E-state index in [9.17, 15) is 5.11 Å². The molecule has 19 heavy (non-hydrogen) atoms. The van der Waals surface area contributed by atoms with Crippen molar-refractivity contribution >= 4 is 6.08 Å². The Morgan fingerprint density at radius 3 is 1.95 bits per heavy atom. The van der Waals surface area contributed by atoms with Gasteiger partial charge in [0.2, 0.25) is 0 Å². The van der Waals surface area contributed by atoms with E-state index >= 15 is 0 Å². The Morgan fingerprint density at radius 1 is 0.895 bits per heavy atom. The van der Waals surface area contributed by atoms with E-state index in [1.165, 1.54) is 44.1 Å². The molecule has 4 saturated carbocycles. The standard InChI is InChI=1S/C18H22O/c19-17-3-1-13(2-4-17)5-6-18-10-14-7-15(11-18)9-16(8-14)12-18/h1-6,14-16,19H,7-12H2. The molecule has 0 atom stereocenters. The lowest BCUT2D eigenvalue weighted by molar-refractivity contribution is -0.0232. The smallest absolute Gasteiger partial charge is 0.115 e. The van der Waals surface area contributed by atoms with Crippen LogP contribution in [-0.4, -0.2) is 5.11 Å². The van der Waals surface area contributed by atoms with E-state index in [-0.39, 0.29) is 0 Å². The van der Waals surface area contributed by atoms with Crippen LogP contribution in [0, 0.1) is 23.2 Å². The molecule has 0 aromatic heterocycles. The van der Waals surface area contributed by atoms with Crippen molar-refractivity contribution < 1.29 is 5.11 Å². The molecule has 0 spiro atoms. The molecular formula is C18H22O. The Balaban J connectivity index is 1.57. The summed E-state index contributed by atoms with van der Waals surface area (Å²) in [5.41, 5.74) is 1.72. The first-order chi connectivity index (χ1) is 9.21. The fourth-order valence-electron chi connectivity index (χ4n) is 5.24. The summed E-state index contributed by atoms with van der Waals surface area (Å²) in [4.78, 5) is 0. The molecule has 4 aliphatic rings. The Hall–Kier alpha value is -1.24. The van der Waals surface area contributed by atoms with Crippen LogP contribution in [0.4, 0.5) is 0 Å². The van der Waals surface area contributed by atoms with E-state index in [0.717, 1.165) is 17.8 Å². The molecular weight excluding hydrogens is 232 g/mol. The molecule has 1 aromatic carbocycles. The minimum atomic E-state index is 0.354. The summed E-state index contributed by atoms with van der Waals surface area (Å²) < 4.78 is 0. The normalized spacial score (nSPS) is 40.1. The average Bonchev–Trinajstić information content (AvgIpc) is 2.36. The zero-order valence-corrected chi connectivity index (χ0v) is 11.4. The van der Waals surface area contributed by atoms with Crippen LogP contribution >= 0.6 is 0 Å². The highest BCUT2D eigenvalue weighted by Gasteiger charge is 2.49. The molecule has 0 heterocycles. The number of benzene rings is 1. The summed E-state index contributed by atoms with van der Waals surface area (Å²) in [7, 11) is 0. The van der Waals surface area contributed by atoms with Gasteiger partial charge in [0.15, 0.2) is 0 Å². The summed E-state index contributed by atoms with van der Waals surface area (Å²) in [6, 6.07) is 7.57. The summed E-state index contributed by atoms with van der Waals surface area (Å²) in [5.74, 6) is 3.38. The predicted molar refractivity (Wildman–Crippen MR) is 77.7 cm³/mol. The zero-order valence-electron chi connectivity index (χ0n) is 11.4. The van der Waals surface area contributed by atoms with Gasteiger partial charge in [-0.2, -0.15) is 0 Å². The van der Waals surface area contributed by atoms with E-state index < -0.39 is 0 Å². The molecule has 1 heteroatoms. The van der Waals surface area contributed by atoms with Gasteiger partial charge in [-0.15, -0.1) is 0 Å². The van der Waals surface area contributed by atoms with Crippen molar-refractivity contribution in [3.63, 3.8) is 0 Å². The molecule has 1 aromatic rings. The Bertz CT molecular complexity index is 462. The molecule has 4 aliphatic carbocycles. The average molecular weight is 254 g/mol. The fraction of sp³-hybridized carbons (Fsp3) is 0.556. The second-order valence-corrected chi connectivity index (χ2v) is 7.20. The zero-order chi connectivity index (χ0) is 12.9. The van der Waals surface area contributed by atoms with Crippen molar-refractivity contribution in [3.8, 4) is 5.75 Å². The maximum absolute atomic E-state index is 9.33. The van der Waals surface area contributed by atoms with Gasteiger partial charge in [0.25, 0.3) is 0 Å². The van der Waals surface area contributed by atoms with E-state index in [1.54, 1.807) is 12.1 Å². The molecule has 100 valence electrons. The number of aromatic hydroxyl groups is 1. The quantitative estimate of drug-likeness (QED) is 0.816. The minimum absolute atomic E-state index is 0.354. The maximum atomic E-state index is 9.33. The van der Waals surface area contributed by atoms with Crippen LogP contribution in [0.25, 0.3) is 6.08 Å². The Morgan fingerprint density at radius 2 is 1.42 bits per heavy atom. The fourth-order valence-corrected chi connectivity index (χ4v) is 5.24. The highest BCUT2D eigenvalue weighted by Crippen LogP contribution is 2.60. The van der Waals surface area contributed by atoms with Crippen LogP contribution in [0.5, 0.6) is 5.75 Å². The number of phenolic OH excluding ortho intramolecular Hbond substituents is 1. The molecule has 0 amide bonds. The highest BCUT2D eigenvalue weighted by atomic mass is 16.3. The van der Waals surface area contributed by atoms with E-state index in [2.05, 4.69) is 12.2 Å². The first-order valence-electron chi connectivity index (χ1n) is 7.69. The highest BCUT2D eigenvalue weighted by molar-refractivity contribution is 5.51. The predicted octanol–water partition coefficient (Wildman–Crippen LogP) is 4.62. The molecule has 4 bridgehead atoms. The van der Waals surface area contributed by atoms with Crippen molar-refractivity contribution in [2.24, 2.45) is 23.2 Å². The van der Waals surface area contributed by atoms with Gasteiger partial charge in [-0.3, -0.25) is 0 Å². The van der Waals surface area contributed by atoms with Gasteiger partial charge in [0.05, 0.1) is 0 Å². The molecule has 1 nitrogen and oxygen atoms in total. The third-order valence-corrected chi connectivity index (χ3v) is 5.61. The number of phenols is 1. The Labute approximate surface area is 115 Å². The molecule has 0 saturated heterocycles. The lowest BCUT2D eigenvalue weighted by atomic mass is 9.49. The van der Waals surface area contributed by atoms with Gasteiger partial charge in [0.1, 0.15) is 5.75 Å². The van der Waals surface area contributed by atoms with Crippen molar-refractivity contribution in [2.75, 3.05) is 0 Å². The van der Waals surface area contributed by atoms with Crippen LogP contribution in [-0.2, 0) is 0 Å². The lowest BCUT2D eigenvalue weighted by Crippen LogP contribution is -2.44. The van der Waals surface area contributed by atoms with Crippen LogP contribution < -0.4 is 0 Å². The van der Waals surface area contributed by atoms with Crippen molar-refractivity contribution in [3.05, 3.63) is 35.9 Å². The minimum Gasteiger partial charge on any atom is -0.508 e. The summed E-state index contributed by atoms with van der Waals surface area (Å²) in [5, 5.41) is 9.33. The van der Waals surface area contributed by atoms with Gasteiger partial charge in [-0.1, -0.05) is 24.3 Å². The van der Waals surface area contributed by atoms with Gasteiger partial charge in [-0.25, -0.2) is 0 Å². The molecule has 1 N–H and O–H groups in total. The monoisotopic (exact) mass is 254 g/mol. The third-order valence-electron chi connectivity index (χ3n) is 5.61. The third kappa shape index (κ3) is 2.09. The number of allylic oxidation sites excluding steroid dienone is 1. The molecule has 0 unspecified atom stereocenters. The number of rotatable bonds is 2. The molecule has 0 aliphatic heterocycles. The Kier molecular flexibility index (Phi) is 2.51. The van der Waals surface area contributed by atoms with E-state index in [4.69, 9.17) is 0 Å². The van der Waals surface area contributed by atoms with Crippen molar-refractivity contribution in [1.82, 2.24) is 0 Å². The lowest BCUT2D eigenvalue weighted by Gasteiger charge is -2.55. The summed E-state index contributed by atoms with van der Waals surface area (Å²) in [6.45, 7) is 0. The first kappa shape index (κ1) is 11.6. The summed E-state index contributed by atoms with van der Waals surface area (Å²) >= 11 is 0. The van der Waals surface area contributed by atoms with Gasteiger partial charge in [-0.05, 0) is 79.4 Å². The van der Waals surface area contributed by atoms with Crippen LogP contribution in [0.2, 0.25) is 0 Å². The largest absolute Gasteiger partial charge is 0.508 e. The van der Waals surface area contributed by atoms with Crippen molar-refractivity contribution in [2.45, 2.75) is 38.5 Å². The van der Waals surface area contributed by atoms with Gasteiger partial charge < -0.3 is 5.11 Å². The van der Waals surface area contributed by atoms with E-state index in [1.807, 2.05) is 12.1 Å². The second-order valence-electron chi connectivity index (χ2n) is 7.20. The van der Waals surface area contributed by atoms with Gasteiger partial charge >= 0.3 is 0 Å². The topological polar surface area (TPSA) is 20.2 Å². The maximum Gasteiger partial charge on any atom is 0.115 e. The van der Waals surface area contributed by atoms with Crippen LogP contribution in [0.1, 0.15) is 44.1 Å². The second kappa shape index (κ2) is 4.13. The molecule has 4 fully saturated rings. The first-order valence-corrected chi connectivity index (χ1v) is 7.69. The van der Waals surface area contributed by atoms with Crippen LogP contribution in [0.15, 0.2) is 30.3 Å². The number of hydrogen-bond donors (Lipinski definition) is 1. The summed E-state index contributed by atoms with van der Waals surface area (Å²) in [6.07, 6.45) is 13.6. The number of hydrogen-bond acceptors (Lipinski definition) is 1. The van der Waals surface area contributed by atoms with Crippen LogP contribution in [0.3, 0.4) is 0 Å². The molecule has 5 rings (SSSR count). The van der Waals surface area contributed by atoms with Gasteiger partial charge in [0, 0.05) is 0 Å². The molecule has 0 radical (unpaired) electrons. The van der Waals surface area contributed by atoms with Crippen molar-refractivity contribution in [1.29, 1.82) is 0 Å².